The SMILES string of the molecule is Cc1nc2ccc(Br)cn2c1CN1CCCNCC1. The van der Waals surface area contributed by atoms with Crippen LogP contribution in [0.4, 0.5) is 0 Å². The predicted octanol–water partition coefficient (Wildman–Crippen LogP) is 2.20. The van der Waals surface area contributed by atoms with Crippen LogP contribution >= 0.6 is 15.9 Å². The highest BCUT2D eigenvalue weighted by atomic mass is 79.9. The lowest BCUT2D eigenvalue weighted by Gasteiger charge is -2.19. The molecule has 0 saturated carbocycles. The highest BCUT2D eigenvalue weighted by Crippen LogP contribution is 2.18. The summed E-state index contributed by atoms with van der Waals surface area (Å²) in [7, 11) is 0. The minimum absolute atomic E-state index is 0.977. The lowest BCUT2D eigenvalue weighted by Crippen LogP contribution is -2.28. The molecule has 0 unspecified atom stereocenters. The van der Waals surface area contributed by atoms with E-state index in [0.29, 0.717) is 0 Å². The van der Waals surface area contributed by atoms with Crippen LogP contribution < -0.4 is 5.32 Å². The molecular weight excluding hydrogens is 304 g/mol. The molecule has 1 saturated heterocycles. The highest BCUT2D eigenvalue weighted by Gasteiger charge is 2.14. The number of nitrogens with zero attached hydrogens (tertiary/aromatic N) is 3. The fourth-order valence-corrected chi connectivity index (χ4v) is 2.98. The molecule has 0 aromatic carbocycles. The summed E-state index contributed by atoms with van der Waals surface area (Å²) in [6.07, 6.45) is 3.33. The van der Waals surface area contributed by atoms with Crippen LogP contribution in [-0.4, -0.2) is 40.5 Å². The van der Waals surface area contributed by atoms with Crippen LogP contribution in [0.15, 0.2) is 22.8 Å². The normalized spacial score (nSPS) is 17.8. The van der Waals surface area contributed by atoms with Gasteiger partial charge in [0.15, 0.2) is 0 Å². The van der Waals surface area contributed by atoms with E-state index >= 15 is 0 Å². The zero-order chi connectivity index (χ0) is 13.2. The zero-order valence-corrected chi connectivity index (χ0v) is 12.8. The summed E-state index contributed by atoms with van der Waals surface area (Å²) < 4.78 is 3.30. The van der Waals surface area contributed by atoms with Crippen molar-refractivity contribution in [1.29, 1.82) is 0 Å². The average Bonchev–Trinajstić information content (AvgIpc) is 2.58. The van der Waals surface area contributed by atoms with Crippen molar-refractivity contribution in [3.8, 4) is 0 Å². The average molecular weight is 323 g/mol. The number of aryl methyl sites for hydroxylation is 1. The number of rotatable bonds is 2. The summed E-state index contributed by atoms with van der Waals surface area (Å²) in [6, 6.07) is 4.10. The van der Waals surface area contributed by atoms with E-state index in [1.807, 2.05) is 6.07 Å². The molecule has 3 rings (SSSR count). The number of halogens is 1. The lowest BCUT2D eigenvalue weighted by molar-refractivity contribution is 0.279. The molecule has 0 bridgehead atoms. The molecule has 1 N–H and O–H groups in total. The molecule has 1 aliphatic rings. The number of fused-ring (bicyclic) bond motifs is 1. The Bertz CT molecular complexity index is 570. The van der Waals surface area contributed by atoms with Crippen molar-refractivity contribution >= 4 is 21.6 Å². The summed E-state index contributed by atoms with van der Waals surface area (Å²) in [6.45, 7) is 7.57. The Hall–Kier alpha value is -0.910. The predicted molar refractivity (Wildman–Crippen MR) is 80.4 cm³/mol. The van der Waals surface area contributed by atoms with Gasteiger partial charge in [0.2, 0.25) is 0 Å². The molecular formula is C14H19BrN4. The quantitative estimate of drug-likeness (QED) is 0.920. The Morgan fingerprint density at radius 2 is 2.21 bits per heavy atom. The standard InChI is InChI=1S/C14H19BrN4/c1-11-13(10-18-7-2-5-16-6-8-18)19-9-12(15)3-4-14(19)17-11/h3-4,9,16H,2,5-8,10H2,1H3. The summed E-state index contributed by atoms with van der Waals surface area (Å²) in [5.74, 6) is 0. The van der Waals surface area contributed by atoms with E-state index in [9.17, 15) is 0 Å². The molecule has 19 heavy (non-hydrogen) atoms. The van der Waals surface area contributed by atoms with Crippen molar-refractivity contribution in [1.82, 2.24) is 19.6 Å². The Morgan fingerprint density at radius 1 is 1.32 bits per heavy atom. The third-order valence-electron chi connectivity index (χ3n) is 3.69. The Labute approximate surface area is 121 Å². The minimum atomic E-state index is 0.977. The van der Waals surface area contributed by atoms with Gasteiger partial charge in [0.1, 0.15) is 5.65 Å². The molecule has 2 aromatic rings. The van der Waals surface area contributed by atoms with Crippen LogP contribution in [0.25, 0.3) is 5.65 Å². The van der Waals surface area contributed by atoms with Gasteiger partial charge in [0.05, 0.1) is 11.4 Å². The van der Waals surface area contributed by atoms with Gasteiger partial charge in [0.25, 0.3) is 0 Å². The summed E-state index contributed by atoms with van der Waals surface area (Å²) in [5.41, 5.74) is 3.47. The molecule has 0 atom stereocenters. The Kier molecular flexibility index (Phi) is 3.86. The van der Waals surface area contributed by atoms with E-state index in [0.717, 1.165) is 48.5 Å². The maximum absolute atomic E-state index is 4.64. The molecule has 0 aliphatic carbocycles. The van der Waals surface area contributed by atoms with Crippen molar-refractivity contribution in [2.45, 2.75) is 19.9 Å². The van der Waals surface area contributed by atoms with Gasteiger partial charge < -0.3 is 9.72 Å². The molecule has 4 nitrogen and oxygen atoms in total. The van der Waals surface area contributed by atoms with E-state index in [-0.39, 0.29) is 0 Å². The topological polar surface area (TPSA) is 32.6 Å². The van der Waals surface area contributed by atoms with E-state index < -0.39 is 0 Å². The zero-order valence-electron chi connectivity index (χ0n) is 11.2. The number of aromatic nitrogens is 2. The third kappa shape index (κ3) is 2.83. The van der Waals surface area contributed by atoms with E-state index in [4.69, 9.17) is 0 Å². The maximum Gasteiger partial charge on any atom is 0.137 e. The van der Waals surface area contributed by atoms with Crippen LogP contribution in [0.3, 0.4) is 0 Å². The van der Waals surface area contributed by atoms with Crippen LogP contribution in [0.5, 0.6) is 0 Å². The van der Waals surface area contributed by atoms with Crippen LogP contribution in [0.2, 0.25) is 0 Å². The van der Waals surface area contributed by atoms with Crippen LogP contribution in [0.1, 0.15) is 17.8 Å². The highest BCUT2D eigenvalue weighted by molar-refractivity contribution is 9.10. The van der Waals surface area contributed by atoms with Gasteiger partial charge in [-0.1, -0.05) is 0 Å². The first-order chi connectivity index (χ1) is 9.24. The van der Waals surface area contributed by atoms with Crippen molar-refractivity contribution in [3.05, 3.63) is 34.2 Å². The first-order valence-electron chi connectivity index (χ1n) is 6.80. The van der Waals surface area contributed by atoms with Gasteiger partial charge in [-0.2, -0.15) is 0 Å². The van der Waals surface area contributed by atoms with E-state index in [1.54, 1.807) is 0 Å². The largest absolute Gasteiger partial charge is 0.315 e. The van der Waals surface area contributed by atoms with Gasteiger partial charge >= 0.3 is 0 Å². The van der Waals surface area contributed by atoms with Crippen LogP contribution in [-0.2, 0) is 6.54 Å². The molecule has 1 aliphatic heterocycles. The summed E-state index contributed by atoms with van der Waals surface area (Å²) >= 11 is 3.54. The van der Waals surface area contributed by atoms with Crippen molar-refractivity contribution in [2.75, 3.05) is 26.2 Å². The van der Waals surface area contributed by atoms with E-state index in [2.05, 4.69) is 54.7 Å². The van der Waals surface area contributed by atoms with Gasteiger partial charge in [-0.05, 0) is 54.5 Å². The fraction of sp³-hybridized carbons (Fsp3) is 0.500. The number of hydrogen-bond donors (Lipinski definition) is 1. The molecule has 0 radical (unpaired) electrons. The number of pyridine rings is 1. The molecule has 2 aromatic heterocycles. The molecule has 0 spiro atoms. The van der Waals surface area contributed by atoms with Crippen molar-refractivity contribution in [3.63, 3.8) is 0 Å². The monoisotopic (exact) mass is 322 g/mol. The van der Waals surface area contributed by atoms with Crippen molar-refractivity contribution < 1.29 is 0 Å². The smallest absolute Gasteiger partial charge is 0.137 e. The number of imidazole rings is 1. The lowest BCUT2D eigenvalue weighted by atomic mass is 10.3. The summed E-state index contributed by atoms with van der Waals surface area (Å²) in [5, 5.41) is 3.45. The van der Waals surface area contributed by atoms with Gasteiger partial charge in [0, 0.05) is 30.3 Å². The fourth-order valence-electron chi connectivity index (χ4n) is 2.65. The van der Waals surface area contributed by atoms with E-state index in [1.165, 1.54) is 12.1 Å². The maximum atomic E-state index is 4.64. The number of hydrogen-bond acceptors (Lipinski definition) is 3. The molecule has 5 heteroatoms. The third-order valence-corrected chi connectivity index (χ3v) is 4.16. The van der Waals surface area contributed by atoms with Gasteiger partial charge in [-0.25, -0.2) is 4.98 Å². The second-order valence-electron chi connectivity index (χ2n) is 5.10. The molecule has 0 amide bonds. The Morgan fingerprint density at radius 3 is 3.11 bits per heavy atom. The molecule has 1 fully saturated rings. The first-order valence-corrected chi connectivity index (χ1v) is 7.59. The molecule has 3 heterocycles. The first kappa shape index (κ1) is 13.1. The van der Waals surface area contributed by atoms with Crippen LogP contribution in [0, 0.1) is 6.92 Å². The van der Waals surface area contributed by atoms with Gasteiger partial charge in [-0.15, -0.1) is 0 Å². The second-order valence-corrected chi connectivity index (χ2v) is 6.01. The van der Waals surface area contributed by atoms with Gasteiger partial charge in [-0.3, -0.25) is 4.90 Å². The summed E-state index contributed by atoms with van der Waals surface area (Å²) in [4.78, 5) is 7.15. The molecule has 102 valence electrons. The van der Waals surface area contributed by atoms with Crippen molar-refractivity contribution in [2.24, 2.45) is 0 Å². The second kappa shape index (κ2) is 5.61. The Balaban J connectivity index is 1.90. The number of nitrogens with one attached hydrogen (secondary N) is 1. The minimum Gasteiger partial charge on any atom is -0.315 e.